The first-order valence-electron chi connectivity index (χ1n) is 11.0. The van der Waals surface area contributed by atoms with Crippen molar-refractivity contribution in [3.63, 3.8) is 0 Å². The molecule has 32 heavy (non-hydrogen) atoms. The van der Waals surface area contributed by atoms with Gasteiger partial charge < -0.3 is 15.1 Å². The molecule has 0 saturated carbocycles. The lowest BCUT2D eigenvalue weighted by atomic mass is 9.85. The van der Waals surface area contributed by atoms with Gasteiger partial charge in [0.1, 0.15) is 11.4 Å². The second-order valence-electron chi connectivity index (χ2n) is 8.63. The molecule has 3 heterocycles. The van der Waals surface area contributed by atoms with Crippen molar-refractivity contribution in [3.8, 4) is 0 Å². The van der Waals surface area contributed by atoms with Crippen LogP contribution in [-0.2, 0) is 10.3 Å². The Morgan fingerprint density at radius 3 is 2.34 bits per heavy atom. The number of amides is 4. The Hall–Kier alpha value is -3.42. The van der Waals surface area contributed by atoms with Gasteiger partial charge in [0.2, 0.25) is 0 Å². The maximum Gasteiger partial charge on any atom is 0.322 e. The second kappa shape index (κ2) is 8.26. The molecule has 1 aromatic carbocycles. The van der Waals surface area contributed by atoms with E-state index in [0.717, 1.165) is 35.6 Å². The third-order valence-electron chi connectivity index (χ3n) is 6.48. The number of urea groups is 1. The molecule has 8 nitrogen and oxygen atoms in total. The molecule has 4 amide bonds. The first-order chi connectivity index (χ1) is 15.2. The molecule has 0 radical (unpaired) electrons. The van der Waals surface area contributed by atoms with Crippen LogP contribution < -0.4 is 15.5 Å². The lowest BCUT2D eigenvalue weighted by molar-refractivity contribution is -0.124. The fraction of sp³-hybridized carbons (Fsp3) is 0.417. The first kappa shape index (κ1) is 21.8. The van der Waals surface area contributed by atoms with Gasteiger partial charge in [-0.3, -0.25) is 14.9 Å². The molecule has 2 saturated heterocycles. The second-order valence-corrected chi connectivity index (χ2v) is 8.63. The summed E-state index contributed by atoms with van der Waals surface area (Å²) in [6.45, 7) is 10.5. The molecule has 0 bridgehead atoms. The van der Waals surface area contributed by atoms with Crippen LogP contribution in [0.4, 0.5) is 10.6 Å². The number of carbonyl (C=O) groups excluding carboxylic acids is 3. The van der Waals surface area contributed by atoms with Crippen LogP contribution in [0.25, 0.3) is 0 Å². The molecule has 2 N–H and O–H groups in total. The van der Waals surface area contributed by atoms with E-state index in [9.17, 15) is 14.4 Å². The van der Waals surface area contributed by atoms with Crippen LogP contribution in [-0.4, -0.2) is 53.9 Å². The molecule has 0 aliphatic carbocycles. The van der Waals surface area contributed by atoms with E-state index in [4.69, 9.17) is 0 Å². The Morgan fingerprint density at radius 1 is 1.06 bits per heavy atom. The van der Waals surface area contributed by atoms with E-state index in [-0.39, 0.29) is 11.8 Å². The summed E-state index contributed by atoms with van der Waals surface area (Å²) in [6.07, 6.45) is 2.30. The summed E-state index contributed by atoms with van der Waals surface area (Å²) in [5.74, 6) is 0.595. The Kier molecular flexibility index (Phi) is 5.62. The predicted octanol–water partition coefficient (Wildman–Crippen LogP) is 2.41. The molecular formula is C24H29N5O3. The molecule has 2 fully saturated rings. The summed E-state index contributed by atoms with van der Waals surface area (Å²) >= 11 is 0. The molecule has 4 rings (SSSR count). The fourth-order valence-corrected chi connectivity index (χ4v) is 4.65. The van der Waals surface area contributed by atoms with Gasteiger partial charge in [-0.05, 0) is 55.5 Å². The van der Waals surface area contributed by atoms with Gasteiger partial charge >= 0.3 is 6.03 Å². The third-order valence-corrected chi connectivity index (χ3v) is 6.48. The van der Waals surface area contributed by atoms with E-state index in [1.54, 1.807) is 12.1 Å². The number of anilines is 1. The highest BCUT2D eigenvalue weighted by Crippen LogP contribution is 2.30. The number of carbonyl (C=O) groups is 3. The average molecular weight is 436 g/mol. The normalized spacial score (nSPS) is 20.9. The highest BCUT2D eigenvalue weighted by atomic mass is 16.2. The molecule has 168 valence electrons. The van der Waals surface area contributed by atoms with Gasteiger partial charge in [-0.1, -0.05) is 25.1 Å². The summed E-state index contributed by atoms with van der Waals surface area (Å²) in [6, 6.07) is 7.00. The summed E-state index contributed by atoms with van der Waals surface area (Å²) in [5.41, 5.74) is 3.27. The van der Waals surface area contributed by atoms with Gasteiger partial charge in [-0.25, -0.2) is 9.78 Å². The van der Waals surface area contributed by atoms with Gasteiger partial charge in [-0.15, -0.1) is 0 Å². The van der Waals surface area contributed by atoms with Crippen LogP contribution in [0.5, 0.6) is 0 Å². The van der Waals surface area contributed by atoms with Crippen molar-refractivity contribution < 1.29 is 14.4 Å². The average Bonchev–Trinajstić information content (AvgIpc) is 3.07. The maximum absolute atomic E-state index is 13.2. The van der Waals surface area contributed by atoms with Gasteiger partial charge in [0.25, 0.3) is 11.8 Å². The summed E-state index contributed by atoms with van der Waals surface area (Å²) in [7, 11) is 0. The summed E-state index contributed by atoms with van der Waals surface area (Å²) in [5, 5.41) is 5.06. The lowest BCUT2D eigenvalue weighted by Crippen LogP contribution is -2.49. The predicted molar refractivity (Wildman–Crippen MR) is 122 cm³/mol. The van der Waals surface area contributed by atoms with Crippen molar-refractivity contribution in [2.45, 2.75) is 39.7 Å². The number of piperazine rings is 1. The zero-order chi connectivity index (χ0) is 23.0. The van der Waals surface area contributed by atoms with Crippen LogP contribution >= 0.6 is 0 Å². The number of nitrogens with one attached hydrogen (secondary N) is 2. The van der Waals surface area contributed by atoms with Crippen molar-refractivity contribution in [1.82, 2.24) is 20.5 Å². The van der Waals surface area contributed by atoms with Crippen LogP contribution in [0.1, 0.15) is 46.0 Å². The molecule has 1 unspecified atom stereocenters. The third kappa shape index (κ3) is 3.70. The highest BCUT2D eigenvalue weighted by molar-refractivity contribution is 6.07. The van der Waals surface area contributed by atoms with Crippen molar-refractivity contribution in [2.24, 2.45) is 0 Å². The molecule has 1 atom stereocenters. The van der Waals surface area contributed by atoms with Crippen molar-refractivity contribution in [1.29, 1.82) is 0 Å². The number of aromatic nitrogens is 1. The largest absolute Gasteiger partial charge is 0.353 e. The van der Waals surface area contributed by atoms with Gasteiger partial charge in [0.15, 0.2) is 0 Å². The first-order valence-corrected chi connectivity index (χ1v) is 11.0. The Morgan fingerprint density at radius 2 is 1.78 bits per heavy atom. The molecular weight excluding hydrogens is 406 g/mol. The monoisotopic (exact) mass is 435 g/mol. The van der Waals surface area contributed by atoms with E-state index in [1.165, 1.54) is 0 Å². The van der Waals surface area contributed by atoms with Crippen molar-refractivity contribution >= 4 is 23.7 Å². The topological polar surface area (TPSA) is 94.6 Å². The smallest absolute Gasteiger partial charge is 0.322 e. The number of pyridine rings is 1. The van der Waals surface area contributed by atoms with E-state index < -0.39 is 11.6 Å². The SMILES string of the molecule is CCC1(c2ccc(C(=O)N3CCN(c4ncc(C)cc4C)CC3)c(C)c2)NC(=O)NC1=O. The molecule has 1 aromatic heterocycles. The number of hydrogen-bond donors (Lipinski definition) is 2. The minimum atomic E-state index is -1.09. The molecule has 2 aromatic rings. The number of benzene rings is 1. The van der Waals surface area contributed by atoms with E-state index >= 15 is 0 Å². The molecule has 8 heteroatoms. The zero-order valence-corrected chi connectivity index (χ0v) is 19.0. The van der Waals surface area contributed by atoms with Crippen LogP contribution in [0.3, 0.4) is 0 Å². The van der Waals surface area contributed by atoms with Crippen LogP contribution in [0.15, 0.2) is 30.5 Å². The van der Waals surface area contributed by atoms with Gasteiger partial charge in [0, 0.05) is 37.9 Å². The standard InChI is InChI=1S/C24H29N5O3/c1-5-24(22(31)26-23(32)27-24)18-6-7-19(16(3)13-18)21(30)29-10-8-28(9-11-29)20-17(4)12-15(2)14-25-20/h6-7,12-14H,5,8-11H2,1-4H3,(H2,26,27,31,32). The molecule has 0 spiro atoms. The van der Waals surface area contributed by atoms with Crippen LogP contribution in [0, 0.1) is 20.8 Å². The number of nitrogens with zero attached hydrogens (tertiary/aromatic N) is 3. The number of aryl methyl sites for hydroxylation is 3. The minimum absolute atomic E-state index is 0.0206. The molecule has 2 aliphatic rings. The van der Waals surface area contributed by atoms with Gasteiger partial charge in [0.05, 0.1) is 0 Å². The van der Waals surface area contributed by atoms with E-state index in [2.05, 4.69) is 33.5 Å². The number of imide groups is 1. The quantitative estimate of drug-likeness (QED) is 0.720. The highest BCUT2D eigenvalue weighted by Gasteiger charge is 2.46. The van der Waals surface area contributed by atoms with Crippen molar-refractivity contribution in [2.75, 3.05) is 31.1 Å². The van der Waals surface area contributed by atoms with Gasteiger partial charge in [-0.2, -0.15) is 0 Å². The Balaban J connectivity index is 1.49. The number of rotatable bonds is 4. The summed E-state index contributed by atoms with van der Waals surface area (Å²) in [4.78, 5) is 46.0. The Labute approximate surface area is 188 Å². The fourth-order valence-electron chi connectivity index (χ4n) is 4.65. The zero-order valence-electron chi connectivity index (χ0n) is 19.0. The maximum atomic E-state index is 13.2. The minimum Gasteiger partial charge on any atom is -0.353 e. The number of hydrogen-bond acceptors (Lipinski definition) is 5. The summed E-state index contributed by atoms with van der Waals surface area (Å²) < 4.78 is 0. The van der Waals surface area contributed by atoms with Crippen LogP contribution in [0.2, 0.25) is 0 Å². The lowest BCUT2D eigenvalue weighted by Gasteiger charge is -2.36. The Bertz CT molecular complexity index is 1090. The van der Waals surface area contributed by atoms with E-state index in [0.29, 0.717) is 30.6 Å². The molecule has 2 aliphatic heterocycles. The van der Waals surface area contributed by atoms with E-state index in [1.807, 2.05) is 37.9 Å². The van der Waals surface area contributed by atoms with Crippen molar-refractivity contribution in [3.05, 3.63) is 58.3 Å².